The molecular formula is C32H27FN4O5S. The van der Waals surface area contributed by atoms with Gasteiger partial charge in [-0.3, -0.25) is 14.1 Å². The van der Waals surface area contributed by atoms with Crippen molar-refractivity contribution in [1.29, 1.82) is 0 Å². The zero-order chi connectivity index (χ0) is 30.6. The van der Waals surface area contributed by atoms with Crippen molar-refractivity contribution in [3.63, 3.8) is 0 Å². The fourth-order valence-corrected chi connectivity index (χ4v) is 5.51. The smallest absolute Gasteiger partial charge is 0.255 e. The van der Waals surface area contributed by atoms with Gasteiger partial charge in [0.2, 0.25) is 15.9 Å². The van der Waals surface area contributed by atoms with E-state index in [1.54, 1.807) is 30.5 Å². The van der Waals surface area contributed by atoms with E-state index in [0.29, 0.717) is 50.4 Å². The number of carbonyl (C=O) groups is 1. The molecule has 0 aliphatic rings. The van der Waals surface area contributed by atoms with Gasteiger partial charge < -0.3 is 14.2 Å². The summed E-state index contributed by atoms with van der Waals surface area (Å²) in [4.78, 5) is 22.0. The molecule has 0 aliphatic heterocycles. The molecule has 218 valence electrons. The molecule has 11 heteroatoms. The van der Waals surface area contributed by atoms with E-state index in [4.69, 9.17) is 8.83 Å². The molecule has 9 nitrogen and oxygen atoms in total. The highest BCUT2D eigenvalue weighted by Crippen LogP contribution is 2.42. The summed E-state index contributed by atoms with van der Waals surface area (Å²) in [5, 5.41) is 3.19. The number of aryl methyl sites for hydroxylation is 2. The van der Waals surface area contributed by atoms with Crippen LogP contribution in [0.25, 0.3) is 56.1 Å². The molecule has 6 rings (SSSR count). The summed E-state index contributed by atoms with van der Waals surface area (Å²) in [6.07, 6.45) is 2.71. The van der Waals surface area contributed by atoms with Gasteiger partial charge in [0.25, 0.3) is 5.91 Å². The molecule has 6 aromatic rings. The van der Waals surface area contributed by atoms with Gasteiger partial charge in [-0.15, -0.1) is 0 Å². The van der Waals surface area contributed by atoms with Crippen LogP contribution < -0.4 is 9.62 Å². The lowest BCUT2D eigenvalue weighted by atomic mass is 9.96. The van der Waals surface area contributed by atoms with Crippen molar-refractivity contribution in [2.75, 3.05) is 24.7 Å². The second-order valence-corrected chi connectivity index (χ2v) is 12.4. The minimum atomic E-state index is -3.71. The monoisotopic (exact) mass is 598 g/mol. The number of rotatable bonds is 6. The number of carbonyl (C=O) groups excluding carboxylic acids is 1. The van der Waals surface area contributed by atoms with Gasteiger partial charge in [0.1, 0.15) is 22.6 Å². The molecule has 1 N–H and O–H groups in total. The largest absolute Gasteiger partial charge is 0.455 e. The summed E-state index contributed by atoms with van der Waals surface area (Å²) in [6, 6.07) is 17.1. The van der Waals surface area contributed by atoms with E-state index in [1.807, 2.05) is 38.1 Å². The SMILES string of the molecule is CNC(=O)c1c(-c2ccc(C)cc2)oc2cc(N(C)S(C)(=O)=O)c(-c3cc(-c4nc5c(F)cccc5o4)ncc3C)cc12. The molecular weight excluding hydrogens is 571 g/mol. The van der Waals surface area contributed by atoms with Crippen LogP contribution in [0.1, 0.15) is 21.5 Å². The highest BCUT2D eigenvalue weighted by molar-refractivity contribution is 7.92. The Morgan fingerprint density at radius 1 is 0.977 bits per heavy atom. The molecule has 0 aliphatic carbocycles. The van der Waals surface area contributed by atoms with Crippen LogP contribution in [-0.2, 0) is 10.0 Å². The molecule has 43 heavy (non-hydrogen) atoms. The van der Waals surface area contributed by atoms with Crippen LogP contribution in [0.5, 0.6) is 0 Å². The van der Waals surface area contributed by atoms with E-state index >= 15 is 0 Å². The maximum atomic E-state index is 14.4. The maximum absolute atomic E-state index is 14.4. The molecule has 3 aromatic carbocycles. The molecule has 0 spiro atoms. The molecule has 3 aromatic heterocycles. The number of hydrogen-bond donors (Lipinski definition) is 1. The molecule has 0 saturated carbocycles. The van der Waals surface area contributed by atoms with E-state index in [9.17, 15) is 17.6 Å². The molecule has 0 fully saturated rings. The lowest BCUT2D eigenvalue weighted by Gasteiger charge is -2.21. The van der Waals surface area contributed by atoms with Crippen molar-refractivity contribution < 1.29 is 26.4 Å². The molecule has 1 amide bonds. The number of pyridine rings is 1. The van der Waals surface area contributed by atoms with Gasteiger partial charge in [-0.25, -0.2) is 17.8 Å². The third-order valence-electron chi connectivity index (χ3n) is 7.39. The van der Waals surface area contributed by atoms with Crippen molar-refractivity contribution >= 4 is 43.7 Å². The number of hydrogen-bond acceptors (Lipinski definition) is 7. The third-order valence-corrected chi connectivity index (χ3v) is 8.58. The Labute approximate surface area is 247 Å². The number of oxazole rings is 1. The van der Waals surface area contributed by atoms with Gasteiger partial charge in [0.15, 0.2) is 11.4 Å². The van der Waals surface area contributed by atoms with Gasteiger partial charge in [-0.2, -0.15) is 0 Å². The van der Waals surface area contributed by atoms with Gasteiger partial charge >= 0.3 is 0 Å². The number of nitrogens with one attached hydrogen (secondary N) is 1. The van der Waals surface area contributed by atoms with E-state index < -0.39 is 15.8 Å². The standard InChI is InChI=1S/C32H27FN4O5S/c1-17-9-11-19(12-10-17)30-28(31(38)34-3)22-13-21(25(15-27(22)41-30)37(4)43(5,39)40)20-14-24(35-16-18(20)2)32-36-29-23(33)7-6-8-26(29)42-32/h6-16H,1-5H3,(H,34,38). The zero-order valence-corrected chi connectivity index (χ0v) is 24.8. The van der Waals surface area contributed by atoms with Gasteiger partial charge in [-0.1, -0.05) is 35.9 Å². The third kappa shape index (κ3) is 4.91. The maximum Gasteiger partial charge on any atom is 0.255 e. The van der Waals surface area contributed by atoms with E-state index in [0.717, 1.165) is 21.7 Å². The lowest BCUT2D eigenvalue weighted by molar-refractivity contribution is 0.0964. The second-order valence-electron chi connectivity index (χ2n) is 10.3. The molecule has 0 radical (unpaired) electrons. The zero-order valence-electron chi connectivity index (χ0n) is 24.0. The first-order valence-corrected chi connectivity index (χ1v) is 15.2. The fourth-order valence-electron chi connectivity index (χ4n) is 5.00. The quantitative estimate of drug-likeness (QED) is 0.233. The lowest BCUT2D eigenvalue weighted by Crippen LogP contribution is -2.25. The molecule has 0 saturated heterocycles. The van der Waals surface area contributed by atoms with Crippen LogP contribution in [0, 0.1) is 19.7 Å². The van der Waals surface area contributed by atoms with Crippen molar-refractivity contribution in [2.45, 2.75) is 13.8 Å². The van der Waals surface area contributed by atoms with Crippen LogP contribution in [-0.4, -0.2) is 44.6 Å². The van der Waals surface area contributed by atoms with Crippen LogP contribution in [0.4, 0.5) is 10.1 Å². The number of nitrogens with zero attached hydrogens (tertiary/aromatic N) is 3. The number of para-hydroxylation sites is 1. The summed E-state index contributed by atoms with van der Waals surface area (Å²) in [6.45, 7) is 3.79. The van der Waals surface area contributed by atoms with Crippen molar-refractivity contribution in [3.8, 4) is 34.0 Å². The van der Waals surface area contributed by atoms with Crippen LogP contribution >= 0.6 is 0 Å². The topological polar surface area (TPSA) is 119 Å². The summed E-state index contributed by atoms with van der Waals surface area (Å²) in [5.41, 5.74) is 5.24. The minimum absolute atomic E-state index is 0.0811. The Kier molecular flexibility index (Phi) is 6.77. The highest BCUT2D eigenvalue weighted by atomic mass is 32.2. The van der Waals surface area contributed by atoms with Gasteiger partial charge in [0.05, 0.1) is 17.5 Å². The minimum Gasteiger partial charge on any atom is -0.455 e. The first kappa shape index (κ1) is 28.1. The number of benzene rings is 3. The average molecular weight is 599 g/mol. The summed E-state index contributed by atoms with van der Waals surface area (Å²) in [5.74, 6) is -0.407. The van der Waals surface area contributed by atoms with Crippen LogP contribution in [0.3, 0.4) is 0 Å². The van der Waals surface area contributed by atoms with Crippen molar-refractivity contribution in [1.82, 2.24) is 15.3 Å². The second kappa shape index (κ2) is 10.4. The number of anilines is 1. The molecule has 3 heterocycles. The Hall–Kier alpha value is -5.03. The van der Waals surface area contributed by atoms with Gasteiger partial charge in [-0.05, 0) is 49.2 Å². The van der Waals surface area contributed by atoms with E-state index in [2.05, 4.69) is 15.3 Å². The van der Waals surface area contributed by atoms with E-state index in [1.165, 1.54) is 26.2 Å². The van der Waals surface area contributed by atoms with Crippen LogP contribution in [0.15, 0.2) is 75.7 Å². The number of furan rings is 1. The first-order valence-electron chi connectivity index (χ1n) is 13.3. The predicted molar refractivity (Wildman–Crippen MR) is 164 cm³/mol. The summed E-state index contributed by atoms with van der Waals surface area (Å²) >= 11 is 0. The Morgan fingerprint density at radius 2 is 1.72 bits per heavy atom. The number of fused-ring (bicyclic) bond motifs is 2. The number of amides is 1. The first-order chi connectivity index (χ1) is 20.5. The van der Waals surface area contributed by atoms with Crippen molar-refractivity contribution in [2.24, 2.45) is 0 Å². The fraction of sp³-hybridized carbons (Fsp3) is 0.156. The molecule has 0 atom stereocenters. The van der Waals surface area contributed by atoms with E-state index in [-0.39, 0.29) is 22.9 Å². The molecule has 0 unspecified atom stereocenters. The summed E-state index contributed by atoms with van der Waals surface area (Å²) in [7, 11) is -0.723. The Morgan fingerprint density at radius 3 is 2.40 bits per heavy atom. The Bertz CT molecular complexity index is 2170. The number of halogens is 1. The predicted octanol–water partition coefficient (Wildman–Crippen LogP) is 6.48. The normalized spacial score (nSPS) is 11.8. The average Bonchev–Trinajstić information content (AvgIpc) is 3.58. The molecule has 0 bridgehead atoms. The summed E-state index contributed by atoms with van der Waals surface area (Å²) < 4.78 is 53.2. The Balaban J connectivity index is 1.64. The number of aromatic nitrogens is 2. The highest BCUT2D eigenvalue weighted by Gasteiger charge is 2.27. The van der Waals surface area contributed by atoms with Crippen molar-refractivity contribution in [3.05, 3.63) is 89.4 Å². The van der Waals surface area contributed by atoms with Crippen LogP contribution in [0.2, 0.25) is 0 Å². The van der Waals surface area contributed by atoms with Gasteiger partial charge in [0, 0.05) is 42.9 Å². The number of sulfonamides is 1.